The minimum Gasteiger partial charge on any atom is -0.478 e. The van der Waals surface area contributed by atoms with Crippen molar-refractivity contribution in [2.45, 2.75) is 4.90 Å². The highest BCUT2D eigenvalue weighted by atomic mass is 32.2. The molecule has 0 radical (unpaired) electrons. The molecule has 0 aliphatic carbocycles. The Morgan fingerprint density at radius 2 is 1.61 bits per heavy atom. The number of carboxylic acid groups (broad SMARTS) is 1. The SMILES string of the molecule is O=C1OC(=O)c2cc(S(=O)(=O)O)c(C(=O)O)cc21. The van der Waals surface area contributed by atoms with Gasteiger partial charge in [-0.05, 0) is 12.1 Å². The van der Waals surface area contributed by atoms with Gasteiger partial charge in [0.15, 0.2) is 0 Å². The molecule has 0 saturated carbocycles. The van der Waals surface area contributed by atoms with Crippen LogP contribution in [0, 0.1) is 0 Å². The minimum atomic E-state index is -4.84. The molecule has 0 fully saturated rings. The fourth-order valence-corrected chi connectivity index (χ4v) is 2.18. The van der Waals surface area contributed by atoms with Crippen LogP contribution >= 0.6 is 0 Å². The van der Waals surface area contributed by atoms with Gasteiger partial charge in [0.1, 0.15) is 4.90 Å². The number of carbonyl (C=O) groups excluding carboxylic acids is 2. The van der Waals surface area contributed by atoms with Gasteiger partial charge in [-0.25, -0.2) is 14.4 Å². The lowest BCUT2D eigenvalue weighted by Crippen LogP contribution is -2.10. The molecule has 1 aliphatic rings. The number of benzene rings is 1. The van der Waals surface area contributed by atoms with Gasteiger partial charge in [-0.15, -0.1) is 0 Å². The largest absolute Gasteiger partial charge is 0.478 e. The van der Waals surface area contributed by atoms with Crippen molar-refractivity contribution in [3.05, 3.63) is 28.8 Å². The van der Waals surface area contributed by atoms with Gasteiger partial charge in [0, 0.05) is 0 Å². The molecular formula is C9H4O8S. The quantitative estimate of drug-likeness (QED) is 0.434. The number of carboxylic acids is 1. The second-order valence-electron chi connectivity index (χ2n) is 3.35. The Labute approximate surface area is 99.5 Å². The monoisotopic (exact) mass is 272 g/mol. The highest BCUT2D eigenvalue weighted by Gasteiger charge is 2.34. The molecule has 2 rings (SSSR count). The Kier molecular flexibility index (Phi) is 2.45. The molecule has 0 saturated heterocycles. The van der Waals surface area contributed by atoms with E-state index < -0.39 is 44.0 Å². The molecule has 9 heteroatoms. The van der Waals surface area contributed by atoms with Gasteiger partial charge in [-0.1, -0.05) is 0 Å². The third-order valence-corrected chi connectivity index (χ3v) is 3.15. The van der Waals surface area contributed by atoms with E-state index in [1.165, 1.54) is 0 Å². The summed E-state index contributed by atoms with van der Waals surface area (Å²) in [4.78, 5) is 32.2. The first-order chi connectivity index (χ1) is 8.21. The van der Waals surface area contributed by atoms with Gasteiger partial charge in [0.2, 0.25) is 0 Å². The molecule has 0 bridgehead atoms. The van der Waals surface area contributed by atoms with Crippen LogP contribution in [-0.2, 0) is 14.9 Å². The lowest BCUT2D eigenvalue weighted by atomic mass is 10.1. The number of ether oxygens (including phenoxy) is 1. The van der Waals surface area contributed by atoms with E-state index in [1.807, 2.05) is 0 Å². The van der Waals surface area contributed by atoms with Crippen LogP contribution in [0.1, 0.15) is 31.1 Å². The van der Waals surface area contributed by atoms with Gasteiger partial charge in [-0.3, -0.25) is 4.55 Å². The number of carbonyl (C=O) groups is 3. The smallest absolute Gasteiger partial charge is 0.346 e. The molecule has 8 nitrogen and oxygen atoms in total. The van der Waals surface area contributed by atoms with Crippen LogP contribution in [0.4, 0.5) is 0 Å². The molecule has 0 atom stereocenters. The topological polar surface area (TPSA) is 135 Å². The normalized spacial score (nSPS) is 14.3. The standard InChI is InChI=1S/C9H4O8S/c10-7(11)5-1-3-4(9(13)17-8(3)12)2-6(5)18(14,15)16/h1-2H,(H,10,11)(H,14,15,16). The average molecular weight is 272 g/mol. The molecule has 1 aromatic rings. The Hall–Kier alpha value is -2.26. The number of hydrogen-bond acceptors (Lipinski definition) is 6. The Morgan fingerprint density at radius 1 is 1.11 bits per heavy atom. The Bertz CT molecular complexity index is 700. The van der Waals surface area contributed by atoms with Crippen molar-refractivity contribution in [1.82, 2.24) is 0 Å². The van der Waals surface area contributed by atoms with Crippen LogP contribution in [0.2, 0.25) is 0 Å². The predicted octanol–water partition coefficient (Wildman–Crippen LogP) is -0.0579. The van der Waals surface area contributed by atoms with E-state index >= 15 is 0 Å². The van der Waals surface area contributed by atoms with E-state index in [0.717, 1.165) is 0 Å². The molecule has 18 heavy (non-hydrogen) atoms. The zero-order chi connectivity index (χ0) is 13.7. The molecule has 0 unspecified atom stereocenters. The van der Waals surface area contributed by atoms with Crippen molar-refractivity contribution in [2.24, 2.45) is 0 Å². The van der Waals surface area contributed by atoms with Crippen molar-refractivity contribution < 1.29 is 37.2 Å². The summed E-state index contributed by atoms with van der Waals surface area (Å²) in [7, 11) is -4.84. The first-order valence-corrected chi connectivity index (χ1v) is 5.81. The maximum absolute atomic E-state index is 11.2. The van der Waals surface area contributed by atoms with E-state index in [4.69, 9.17) is 9.66 Å². The third kappa shape index (κ3) is 1.75. The van der Waals surface area contributed by atoms with Gasteiger partial charge >= 0.3 is 17.9 Å². The zero-order valence-electron chi connectivity index (χ0n) is 8.41. The highest BCUT2D eigenvalue weighted by Crippen LogP contribution is 2.26. The third-order valence-electron chi connectivity index (χ3n) is 2.25. The van der Waals surface area contributed by atoms with Crippen LogP contribution in [0.3, 0.4) is 0 Å². The van der Waals surface area contributed by atoms with Crippen molar-refractivity contribution in [3.8, 4) is 0 Å². The summed E-state index contributed by atoms with van der Waals surface area (Å²) in [5, 5.41) is 8.80. The molecular weight excluding hydrogens is 268 g/mol. The second-order valence-corrected chi connectivity index (χ2v) is 4.74. The maximum atomic E-state index is 11.2. The first-order valence-electron chi connectivity index (χ1n) is 4.37. The molecule has 1 aromatic carbocycles. The minimum absolute atomic E-state index is 0.357. The van der Waals surface area contributed by atoms with E-state index in [2.05, 4.69) is 4.74 Å². The number of cyclic esters (lactones) is 2. The zero-order valence-corrected chi connectivity index (χ0v) is 9.22. The highest BCUT2D eigenvalue weighted by molar-refractivity contribution is 7.86. The van der Waals surface area contributed by atoms with Crippen LogP contribution in [0.25, 0.3) is 0 Å². The number of hydrogen-bond donors (Lipinski definition) is 2. The van der Waals surface area contributed by atoms with Crippen LogP contribution in [-0.4, -0.2) is 36.0 Å². The maximum Gasteiger partial charge on any atom is 0.346 e. The summed E-state index contributed by atoms with van der Waals surface area (Å²) in [6.45, 7) is 0. The van der Waals surface area contributed by atoms with Crippen LogP contribution < -0.4 is 0 Å². The fourth-order valence-electron chi connectivity index (χ4n) is 1.49. The van der Waals surface area contributed by atoms with Crippen LogP contribution in [0.5, 0.6) is 0 Å². The van der Waals surface area contributed by atoms with Crippen LogP contribution in [0.15, 0.2) is 17.0 Å². The molecule has 94 valence electrons. The van der Waals surface area contributed by atoms with E-state index in [9.17, 15) is 22.8 Å². The average Bonchev–Trinajstić information content (AvgIpc) is 2.51. The number of fused-ring (bicyclic) bond motifs is 1. The number of aromatic carboxylic acids is 1. The molecule has 2 N–H and O–H groups in total. The van der Waals surface area contributed by atoms with Crippen molar-refractivity contribution in [2.75, 3.05) is 0 Å². The van der Waals surface area contributed by atoms with Gasteiger partial charge in [0.25, 0.3) is 10.1 Å². The molecule has 0 amide bonds. The Balaban J connectivity index is 2.85. The van der Waals surface area contributed by atoms with Crippen molar-refractivity contribution >= 4 is 28.0 Å². The number of esters is 2. The summed E-state index contributed by atoms with van der Waals surface area (Å²) in [6.07, 6.45) is 0. The Morgan fingerprint density at radius 3 is 2.06 bits per heavy atom. The number of rotatable bonds is 2. The summed E-state index contributed by atoms with van der Waals surface area (Å²) in [5.41, 5.74) is -1.58. The summed E-state index contributed by atoms with van der Waals surface area (Å²) in [5.74, 6) is -3.84. The second kappa shape index (κ2) is 3.62. The fraction of sp³-hybridized carbons (Fsp3) is 0. The van der Waals surface area contributed by atoms with Crippen molar-refractivity contribution in [3.63, 3.8) is 0 Å². The van der Waals surface area contributed by atoms with E-state index in [1.54, 1.807) is 0 Å². The molecule has 0 aromatic heterocycles. The molecule has 0 spiro atoms. The lowest BCUT2D eigenvalue weighted by Gasteiger charge is -2.03. The van der Waals surface area contributed by atoms with Gasteiger partial charge in [-0.2, -0.15) is 8.42 Å². The predicted molar refractivity (Wildman–Crippen MR) is 53.0 cm³/mol. The molecule has 1 heterocycles. The van der Waals surface area contributed by atoms with E-state index in [-0.39, 0.29) is 5.56 Å². The van der Waals surface area contributed by atoms with Crippen molar-refractivity contribution in [1.29, 1.82) is 0 Å². The first kappa shape index (κ1) is 12.2. The summed E-state index contributed by atoms with van der Waals surface area (Å²) in [6, 6.07) is 1.27. The van der Waals surface area contributed by atoms with Gasteiger partial charge < -0.3 is 9.84 Å². The van der Waals surface area contributed by atoms with Gasteiger partial charge in [0.05, 0.1) is 16.7 Å². The summed E-state index contributed by atoms with van der Waals surface area (Å²) < 4.78 is 35.1. The summed E-state index contributed by atoms with van der Waals surface area (Å²) >= 11 is 0. The lowest BCUT2D eigenvalue weighted by molar-refractivity contribution is 0.0443. The molecule has 1 aliphatic heterocycles. The van der Waals surface area contributed by atoms with E-state index in [0.29, 0.717) is 12.1 Å².